The van der Waals surface area contributed by atoms with Crippen LogP contribution < -0.4 is 14.2 Å². The van der Waals surface area contributed by atoms with Crippen molar-refractivity contribution in [3.8, 4) is 5.75 Å². The summed E-state index contributed by atoms with van der Waals surface area (Å²) in [4.78, 5) is 2.23. The van der Waals surface area contributed by atoms with E-state index in [0.717, 1.165) is 21.0 Å². The largest absolute Gasteiger partial charge is 0.497 e. The lowest BCUT2D eigenvalue weighted by Gasteiger charge is -2.23. The van der Waals surface area contributed by atoms with Crippen LogP contribution in [-0.4, -0.2) is 32.9 Å². The molecular weight excluding hydrogens is 456 g/mol. The standard InChI is InChI=1S/C25H28N2O4S2/c1-25(2)19-9-5-6-10-20(19)26(3)23(25)11-7-12-24-27(15-8-16-33(28,29)30)21-14-13-18(31-4)17-22(21)32-24/h5-7,9-14,17H,8,15-16H2,1-4H3/p+1. The molecule has 2 heterocycles. The van der Waals surface area contributed by atoms with Crippen LogP contribution in [0.4, 0.5) is 5.69 Å². The van der Waals surface area contributed by atoms with Crippen molar-refractivity contribution in [2.75, 3.05) is 24.8 Å². The lowest BCUT2D eigenvalue weighted by molar-refractivity contribution is -0.668. The Bertz CT molecular complexity index is 1350. The number of likely N-dealkylation sites (N-methyl/N-ethyl adjacent to an activating group) is 1. The van der Waals surface area contributed by atoms with Crippen molar-refractivity contribution in [3.05, 3.63) is 70.9 Å². The minimum absolute atomic E-state index is 0.103. The molecule has 0 radical (unpaired) electrons. The molecule has 1 aromatic heterocycles. The molecule has 4 rings (SSSR count). The van der Waals surface area contributed by atoms with Crippen LogP contribution >= 0.6 is 11.3 Å². The quantitative estimate of drug-likeness (QED) is 0.385. The minimum atomic E-state index is -3.99. The Balaban J connectivity index is 1.68. The van der Waals surface area contributed by atoms with Gasteiger partial charge in [-0.05, 0) is 23.8 Å². The summed E-state index contributed by atoms with van der Waals surface area (Å²) >= 11 is 1.62. The first-order valence-electron chi connectivity index (χ1n) is 10.8. The van der Waals surface area contributed by atoms with Crippen molar-refractivity contribution in [2.24, 2.45) is 0 Å². The van der Waals surface area contributed by atoms with E-state index in [4.69, 9.17) is 9.29 Å². The monoisotopic (exact) mass is 485 g/mol. The van der Waals surface area contributed by atoms with Gasteiger partial charge >= 0.3 is 0 Å². The van der Waals surface area contributed by atoms with Crippen LogP contribution in [0.3, 0.4) is 0 Å². The molecule has 0 aliphatic carbocycles. The van der Waals surface area contributed by atoms with Crippen LogP contribution in [0.25, 0.3) is 16.3 Å². The number of methoxy groups -OCH3 is 1. The van der Waals surface area contributed by atoms with Gasteiger partial charge in [-0.15, -0.1) is 0 Å². The van der Waals surface area contributed by atoms with E-state index in [-0.39, 0.29) is 11.2 Å². The van der Waals surface area contributed by atoms with Crippen molar-refractivity contribution in [3.63, 3.8) is 0 Å². The Hall–Kier alpha value is -2.68. The average molecular weight is 486 g/mol. The van der Waals surface area contributed by atoms with Crippen molar-refractivity contribution in [1.82, 2.24) is 0 Å². The molecule has 0 fully saturated rings. The number of hydrogen-bond donors (Lipinski definition) is 1. The third-order valence-electron chi connectivity index (χ3n) is 6.16. The number of aryl methyl sites for hydroxylation is 1. The Kier molecular flexibility index (Phi) is 6.35. The first-order valence-corrected chi connectivity index (χ1v) is 13.2. The molecule has 0 saturated carbocycles. The fourth-order valence-electron chi connectivity index (χ4n) is 4.50. The Morgan fingerprint density at radius 2 is 1.97 bits per heavy atom. The molecule has 0 atom stereocenters. The summed E-state index contributed by atoms with van der Waals surface area (Å²) < 4.78 is 40.0. The molecule has 8 heteroatoms. The molecule has 2 aromatic carbocycles. The van der Waals surface area contributed by atoms with E-state index in [0.29, 0.717) is 13.0 Å². The second-order valence-corrected chi connectivity index (χ2v) is 11.3. The first-order chi connectivity index (χ1) is 15.6. The summed E-state index contributed by atoms with van der Waals surface area (Å²) in [6.45, 7) is 4.95. The lowest BCUT2D eigenvalue weighted by Crippen LogP contribution is -2.36. The number of fused-ring (bicyclic) bond motifs is 2. The lowest BCUT2D eigenvalue weighted by atomic mass is 9.84. The maximum absolute atomic E-state index is 11.2. The number of thiazole rings is 1. The topological polar surface area (TPSA) is 70.7 Å². The van der Waals surface area contributed by atoms with Crippen LogP contribution in [0.5, 0.6) is 5.75 Å². The van der Waals surface area contributed by atoms with E-state index in [1.165, 1.54) is 16.9 Å². The van der Waals surface area contributed by atoms with Crippen LogP contribution in [-0.2, 0) is 22.1 Å². The molecule has 6 nitrogen and oxygen atoms in total. The summed E-state index contributed by atoms with van der Waals surface area (Å²) in [7, 11) is -0.260. The maximum atomic E-state index is 11.2. The summed E-state index contributed by atoms with van der Waals surface area (Å²) in [5, 5.41) is 1.00. The Morgan fingerprint density at radius 1 is 1.21 bits per heavy atom. The fraction of sp³-hybridized carbons (Fsp3) is 0.320. The highest BCUT2D eigenvalue weighted by atomic mass is 32.2. The van der Waals surface area contributed by atoms with Gasteiger partial charge in [-0.3, -0.25) is 4.55 Å². The molecule has 1 aliphatic heterocycles. The van der Waals surface area contributed by atoms with Crippen LogP contribution in [0.2, 0.25) is 0 Å². The van der Waals surface area contributed by atoms with Crippen LogP contribution in [0, 0.1) is 0 Å². The van der Waals surface area contributed by atoms with E-state index in [1.54, 1.807) is 18.4 Å². The van der Waals surface area contributed by atoms with Crippen LogP contribution in [0.15, 0.2) is 60.3 Å². The van der Waals surface area contributed by atoms with Crippen molar-refractivity contribution >= 4 is 43.4 Å². The number of benzene rings is 2. The van der Waals surface area contributed by atoms with Gasteiger partial charge in [-0.1, -0.05) is 49.5 Å². The number of nitrogens with zero attached hydrogens (tertiary/aromatic N) is 2. The molecule has 1 N–H and O–H groups in total. The van der Waals surface area contributed by atoms with E-state index in [1.807, 2.05) is 18.2 Å². The van der Waals surface area contributed by atoms with Gasteiger partial charge in [-0.25, -0.2) is 0 Å². The third kappa shape index (κ3) is 4.69. The molecular formula is C25H29N2O4S2+. The SMILES string of the molecule is COc1ccc2c(c1)sc(C=CC=C1N(C)c3ccccc3C1(C)C)[n+]2CCCS(=O)(=O)O. The maximum Gasteiger partial charge on any atom is 0.265 e. The smallest absolute Gasteiger partial charge is 0.265 e. The molecule has 3 aromatic rings. The average Bonchev–Trinajstić information content (AvgIpc) is 3.20. The number of para-hydroxylation sites is 1. The van der Waals surface area contributed by atoms with Gasteiger partial charge in [0.25, 0.3) is 15.1 Å². The zero-order chi connectivity index (χ0) is 23.8. The summed E-state index contributed by atoms with van der Waals surface area (Å²) in [5.41, 5.74) is 4.64. The molecule has 0 saturated heterocycles. The minimum Gasteiger partial charge on any atom is -0.497 e. The molecule has 1 aliphatic rings. The second-order valence-electron chi connectivity index (χ2n) is 8.68. The fourth-order valence-corrected chi connectivity index (χ4v) is 6.12. The molecule has 0 amide bonds. The normalized spacial score (nSPS) is 16.8. The van der Waals surface area contributed by atoms with Crippen molar-refractivity contribution < 1.29 is 22.3 Å². The first kappa shape index (κ1) is 23.5. The molecule has 0 spiro atoms. The zero-order valence-corrected chi connectivity index (χ0v) is 20.9. The summed E-state index contributed by atoms with van der Waals surface area (Å²) in [6, 6.07) is 14.3. The van der Waals surface area contributed by atoms with Gasteiger partial charge in [0.05, 0.1) is 12.9 Å². The predicted molar refractivity (Wildman–Crippen MR) is 135 cm³/mol. The van der Waals surface area contributed by atoms with Gasteiger partial charge in [0, 0.05) is 48.5 Å². The van der Waals surface area contributed by atoms with E-state index in [9.17, 15) is 8.42 Å². The van der Waals surface area contributed by atoms with Gasteiger partial charge in [-0.2, -0.15) is 13.0 Å². The highest BCUT2D eigenvalue weighted by Gasteiger charge is 2.37. The van der Waals surface area contributed by atoms with Gasteiger partial charge in [0.15, 0.2) is 6.54 Å². The van der Waals surface area contributed by atoms with Gasteiger partial charge in [0.2, 0.25) is 5.52 Å². The number of ether oxygens (including phenoxy) is 1. The molecule has 33 heavy (non-hydrogen) atoms. The zero-order valence-electron chi connectivity index (χ0n) is 19.3. The highest BCUT2D eigenvalue weighted by molar-refractivity contribution is 7.85. The van der Waals surface area contributed by atoms with Gasteiger partial charge < -0.3 is 9.64 Å². The Morgan fingerprint density at radius 3 is 2.67 bits per heavy atom. The van der Waals surface area contributed by atoms with Crippen molar-refractivity contribution in [2.45, 2.75) is 32.2 Å². The highest BCUT2D eigenvalue weighted by Crippen LogP contribution is 2.46. The van der Waals surface area contributed by atoms with E-state index < -0.39 is 10.1 Å². The molecule has 174 valence electrons. The molecule has 0 bridgehead atoms. The second kappa shape index (κ2) is 8.93. The molecule has 0 unspecified atom stereocenters. The number of aromatic nitrogens is 1. The summed E-state index contributed by atoms with van der Waals surface area (Å²) in [6.07, 6.45) is 6.59. The summed E-state index contributed by atoms with van der Waals surface area (Å²) in [5.74, 6) is 0.511. The number of allylic oxidation sites excluding steroid dienone is 3. The van der Waals surface area contributed by atoms with Crippen LogP contribution in [0.1, 0.15) is 30.8 Å². The number of rotatable bonds is 7. The van der Waals surface area contributed by atoms with Crippen molar-refractivity contribution in [1.29, 1.82) is 0 Å². The Labute approximate surface area is 199 Å². The van der Waals surface area contributed by atoms with Gasteiger partial charge in [0.1, 0.15) is 10.4 Å². The number of anilines is 1. The van der Waals surface area contributed by atoms with E-state index >= 15 is 0 Å². The third-order valence-corrected chi connectivity index (χ3v) is 8.07. The predicted octanol–water partition coefficient (Wildman–Crippen LogP) is 4.80. The van der Waals surface area contributed by atoms with E-state index in [2.05, 4.69) is 72.9 Å². The number of hydrogen-bond acceptors (Lipinski definition) is 5.